The Kier molecular flexibility index (Phi) is 5.71. The molecule has 9 nitrogen and oxygen atoms in total. The number of carbonyl (C=O) groups is 1. The van der Waals surface area contributed by atoms with Crippen LogP contribution in [0.1, 0.15) is 24.3 Å². The number of ether oxygens (including phenoxy) is 2. The molecule has 3 aromatic rings. The van der Waals surface area contributed by atoms with Crippen molar-refractivity contribution in [3.63, 3.8) is 0 Å². The van der Waals surface area contributed by atoms with E-state index in [1.807, 2.05) is 18.3 Å². The van der Waals surface area contributed by atoms with Crippen molar-refractivity contribution < 1.29 is 22.7 Å². The molecule has 0 spiro atoms. The van der Waals surface area contributed by atoms with Crippen LogP contribution in [0.15, 0.2) is 48.8 Å². The Bertz CT molecular complexity index is 1260. The number of aromatic amines is 1. The number of para-hydroxylation sites is 2. The predicted molar refractivity (Wildman–Crippen MR) is 123 cm³/mol. The van der Waals surface area contributed by atoms with Gasteiger partial charge in [0.05, 0.1) is 7.11 Å². The van der Waals surface area contributed by atoms with Gasteiger partial charge in [-0.3, -0.25) is 0 Å². The van der Waals surface area contributed by atoms with Gasteiger partial charge in [-0.15, -0.1) is 0 Å². The number of fused-ring (bicyclic) bond motifs is 1. The standard InChI is InChI=1S/C23H26N4O5S/c1-31-20-6-2-3-7-21(20)32-23(28)26-14-17(15-26)33(29,30)27-11-8-16(9-12-27)19-13-25-22-18(19)5-4-10-24-22/h2-7,10,13,16-17H,8-9,11-12,14-15H2,1H3,(H,24,25). The highest BCUT2D eigenvalue weighted by Gasteiger charge is 2.44. The van der Waals surface area contributed by atoms with E-state index in [9.17, 15) is 13.2 Å². The van der Waals surface area contributed by atoms with Crippen molar-refractivity contribution in [2.45, 2.75) is 24.0 Å². The lowest BCUT2D eigenvalue weighted by molar-refractivity contribution is 0.123. The van der Waals surface area contributed by atoms with Gasteiger partial charge in [0.15, 0.2) is 11.5 Å². The van der Waals surface area contributed by atoms with Crippen LogP contribution < -0.4 is 9.47 Å². The molecule has 4 heterocycles. The smallest absolute Gasteiger partial charge is 0.415 e. The second-order valence-electron chi connectivity index (χ2n) is 8.41. The van der Waals surface area contributed by atoms with Crippen LogP contribution in [-0.4, -0.2) is 72.2 Å². The molecule has 2 aromatic heterocycles. The maximum Gasteiger partial charge on any atom is 0.415 e. The highest BCUT2D eigenvalue weighted by atomic mass is 32.2. The summed E-state index contributed by atoms with van der Waals surface area (Å²) in [6.07, 6.45) is 4.69. The number of piperidine rings is 1. The molecule has 2 aliphatic heterocycles. The quantitative estimate of drug-likeness (QED) is 0.615. The van der Waals surface area contributed by atoms with E-state index in [0.29, 0.717) is 30.5 Å². The summed E-state index contributed by atoms with van der Waals surface area (Å²) in [6.45, 7) is 1.21. The third-order valence-corrected chi connectivity index (χ3v) is 8.76. The van der Waals surface area contributed by atoms with Gasteiger partial charge in [-0.25, -0.2) is 22.5 Å². The first-order valence-corrected chi connectivity index (χ1v) is 12.5. The fourth-order valence-corrected chi connectivity index (χ4v) is 6.46. The summed E-state index contributed by atoms with van der Waals surface area (Å²) in [5.74, 6) is 1.05. The van der Waals surface area contributed by atoms with Crippen LogP contribution in [-0.2, 0) is 10.0 Å². The summed E-state index contributed by atoms with van der Waals surface area (Å²) in [6, 6.07) is 10.8. The van der Waals surface area contributed by atoms with Gasteiger partial charge in [0.2, 0.25) is 10.0 Å². The minimum absolute atomic E-state index is 0.129. The minimum atomic E-state index is -3.47. The summed E-state index contributed by atoms with van der Waals surface area (Å²) in [7, 11) is -1.98. The fourth-order valence-electron chi connectivity index (χ4n) is 4.58. The van der Waals surface area contributed by atoms with Crippen LogP contribution in [0.2, 0.25) is 0 Å². The number of aromatic nitrogens is 2. The van der Waals surface area contributed by atoms with Crippen molar-refractivity contribution in [3.05, 3.63) is 54.4 Å². The molecule has 0 bridgehead atoms. The van der Waals surface area contributed by atoms with Crippen LogP contribution in [0.5, 0.6) is 11.5 Å². The molecule has 1 N–H and O–H groups in total. The lowest BCUT2D eigenvalue weighted by Gasteiger charge is -2.41. The van der Waals surface area contributed by atoms with Crippen LogP contribution >= 0.6 is 0 Å². The summed E-state index contributed by atoms with van der Waals surface area (Å²) in [5, 5.41) is 0.499. The third kappa shape index (κ3) is 4.04. The van der Waals surface area contributed by atoms with E-state index in [4.69, 9.17) is 9.47 Å². The summed E-state index contributed by atoms with van der Waals surface area (Å²) in [4.78, 5) is 21.4. The van der Waals surface area contributed by atoms with Gasteiger partial charge in [0.25, 0.3) is 0 Å². The molecule has 2 aliphatic rings. The number of H-pyrrole nitrogens is 1. The highest BCUT2D eigenvalue weighted by Crippen LogP contribution is 2.35. The van der Waals surface area contributed by atoms with Crippen molar-refractivity contribution in [1.29, 1.82) is 0 Å². The molecule has 0 unspecified atom stereocenters. The molecule has 10 heteroatoms. The number of hydrogen-bond acceptors (Lipinski definition) is 6. The number of likely N-dealkylation sites (tertiary alicyclic amines) is 1. The van der Waals surface area contributed by atoms with E-state index in [0.717, 1.165) is 23.9 Å². The van der Waals surface area contributed by atoms with Crippen molar-refractivity contribution in [2.24, 2.45) is 0 Å². The van der Waals surface area contributed by atoms with Gasteiger partial charge in [-0.2, -0.15) is 0 Å². The van der Waals surface area contributed by atoms with E-state index in [1.54, 1.807) is 34.8 Å². The van der Waals surface area contributed by atoms with Gasteiger partial charge < -0.3 is 19.4 Å². The highest BCUT2D eigenvalue weighted by molar-refractivity contribution is 7.89. The van der Waals surface area contributed by atoms with Crippen LogP contribution in [0.3, 0.4) is 0 Å². The van der Waals surface area contributed by atoms with Crippen molar-refractivity contribution in [3.8, 4) is 11.5 Å². The molecule has 5 rings (SSSR count). The number of methoxy groups -OCH3 is 1. The zero-order chi connectivity index (χ0) is 23.0. The molecule has 174 valence electrons. The molecule has 0 radical (unpaired) electrons. The van der Waals surface area contributed by atoms with Crippen molar-refractivity contribution >= 4 is 27.1 Å². The van der Waals surface area contributed by atoms with E-state index in [1.165, 1.54) is 17.6 Å². The minimum Gasteiger partial charge on any atom is -0.493 e. The van der Waals surface area contributed by atoms with Crippen LogP contribution in [0.4, 0.5) is 4.79 Å². The average Bonchev–Trinajstić information content (AvgIpc) is 3.22. The number of rotatable bonds is 5. The van der Waals surface area contributed by atoms with Crippen LogP contribution in [0, 0.1) is 0 Å². The van der Waals surface area contributed by atoms with Gasteiger partial charge in [0.1, 0.15) is 10.9 Å². The Morgan fingerprint density at radius 3 is 2.55 bits per heavy atom. The van der Waals surface area contributed by atoms with Crippen molar-refractivity contribution in [2.75, 3.05) is 33.3 Å². The maximum absolute atomic E-state index is 13.1. The fraction of sp³-hybridized carbons (Fsp3) is 0.391. The molecule has 2 saturated heterocycles. The molecule has 0 aliphatic carbocycles. The zero-order valence-electron chi connectivity index (χ0n) is 18.3. The lowest BCUT2D eigenvalue weighted by Crippen LogP contribution is -2.61. The van der Waals surface area contributed by atoms with Crippen molar-refractivity contribution in [1.82, 2.24) is 19.2 Å². The number of pyridine rings is 1. The second-order valence-corrected chi connectivity index (χ2v) is 10.6. The SMILES string of the molecule is COc1ccccc1OC(=O)N1CC(S(=O)(=O)N2CCC(c3c[nH]c4ncccc34)CC2)C1. The van der Waals surface area contributed by atoms with Gasteiger partial charge >= 0.3 is 6.09 Å². The first kappa shape index (κ1) is 21.7. The zero-order valence-corrected chi connectivity index (χ0v) is 19.1. The number of benzene rings is 1. The predicted octanol–water partition coefficient (Wildman–Crippen LogP) is 2.96. The molecular weight excluding hydrogens is 444 g/mol. The normalized spacial score (nSPS) is 18.3. The van der Waals surface area contributed by atoms with E-state index < -0.39 is 21.4 Å². The lowest BCUT2D eigenvalue weighted by atomic mass is 9.90. The number of nitrogens with zero attached hydrogens (tertiary/aromatic N) is 3. The Balaban J connectivity index is 1.17. The van der Waals surface area contributed by atoms with Gasteiger partial charge in [0, 0.05) is 44.0 Å². The summed E-state index contributed by atoms with van der Waals surface area (Å²) < 4.78 is 38.4. The largest absolute Gasteiger partial charge is 0.493 e. The number of carbonyl (C=O) groups excluding carboxylic acids is 1. The maximum atomic E-state index is 13.1. The topological polar surface area (TPSA) is 105 Å². The monoisotopic (exact) mass is 470 g/mol. The first-order valence-electron chi connectivity index (χ1n) is 11.0. The molecule has 33 heavy (non-hydrogen) atoms. The first-order chi connectivity index (χ1) is 16.0. The average molecular weight is 471 g/mol. The number of amides is 1. The molecule has 1 aromatic carbocycles. The Labute approximate surface area is 192 Å². The molecule has 2 fully saturated rings. The van der Waals surface area contributed by atoms with Gasteiger partial charge in [-0.05, 0) is 48.6 Å². The van der Waals surface area contributed by atoms with Crippen LogP contribution in [0.25, 0.3) is 11.0 Å². The second kappa shape index (κ2) is 8.68. The Hall–Kier alpha value is -3.11. The molecular formula is C23H26N4O5S. The molecule has 0 atom stereocenters. The number of sulfonamides is 1. The van der Waals surface area contributed by atoms with E-state index in [2.05, 4.69) is 9.97 Å². The summed E-state index contributed by atoms with van der Waals surface area (Å²) in [5.41, 5.74) is 2.06. The van der Waals surface area contributed by atoms with E-state index >= 15 is 0 Å². The Morgan fingerprint density at radius 2 is 1.82 bits per heavy atom. The Morgan fingerprint density at radius 1 is 1.09 bits per heavy atom. The van der Waals surface area contributed by atoms with Gasteiger partial charge in [-0.1, -0.05) is 12.1 Å². The summed E-state index contributed by atoms with van der Waals surface area (Å²) >= 11 is 0. The molecule has 1 amide bonds. The number of nitrogens with one attached hydrogen (secondary N) is 1. The van der Waals surface area contributed by atoms with E-state index in [-0.39, 0.29) is 13.1 Å². The molecule has 0 saturated carbocycles. The number of hydrogen-bond donors (Lipinski definition) is 1. The third-order valence-electron chi connectivity index (χ3n) is 6.53.